The fourth-order valence-corrected chi connectivity index (χ4v) is 9.26. The Bertz CT molecular complexity index is 1080. The van der Waals surface area contributed by atoms with Gasteiger partial charge in [-0.15, -0.1) is 0 Å². The molecule has 8 nitrogen and oxygen atoms in total. The van der Waals surface area contributed by atoms with Crippen LogP contribution in [0.4, 0.5) is 0 Å². The molecule has 0 unspecified atom stereocenters. The van der Waals surface area contributed by atoms with Gasteiger partial charge in [-0.05, 0) is 67.8 Å². The summed E-state index contributed by atoms with van der Waals surface area (Å²) in [6.45, 7) is 4.18. The maximum atomic E-state index is 13.2. The number of fused-ring (bicyclic) bond motifs is 6. The fraction of sp³-hybridized carbons (Fsp3) is 0.800. The van der Waals surface area contributed by atoms with E-state index < -0.39 is 38.6 Å². The van der Waals surface area contributed by atoms with Crippen molar-refractivity contribution < 1.29 is 36.5 Å². The van der Waals surface area contributed by atoms with Gasteiger partial charge in [-0.2, -0.15) is 8.42 Å². The minimum absolute atomic E-state index is 0.0356. The van der Waals surface area contributed by atoms with Crippen molar-refractivity contribution in [3.05, 3.63) is 11.6 Å². The van der Waals surface area contributed by atoms with Gasteiger partial charge in [0.25, 0.3) is 10.1 Å². The minimum atomic E-state index is -3.80. The zero-order chi connectivity index (χ0) is 24.7. The summed E-state index contributed by atoms with van der Waals surface area (Å²) in [5, 5.41) is 0. The lowest BCUT2D eigenvalue weighted by Crippen LogP contribution is -2.63. The zero-order valence-electron chi connectivity index (χ0n) is 20.3. The fourth-order valence-electron chi connectivity index (χ4n) is 8.63. The molecule has 4 fully saturated rings. The second kappa shape index (κ2) is 7.63. The topological polar surface area (TPSA) is 113 Å². The summed E-state index contributed by atoms with van der Waals surface area (Å²) < 4.78 is 42.0. The number of carbonyl (C=O) groups is 3. The number of ether oxygens (including phenoxy) is 2. The average molecular weight is 495 g/mol. The number of ketones is 1. The highest BCUT2D eigenvalue weighted by Crippen LogP contribution is 2.71. The number of methoxy groups -OCH3 is 1. The number of allylic oxidation sites excluding steroid dienone is 1. The number of rotatable bonds is 3. The summed E-state index contributed by atoms with van der Waals surface area (Å²) in [6, 6.07) is 0. The summed E-state index contributed by atoms with van der Waals surface area (Å²) in [5.41, 5.74) is -0.753. The Balaban J connectivity index is 1.68. The van der Waals surface area contributed by atoms with E-state index in [1.165, 1.54) is 7.11 Å². The number of esters is 2. The normalized spacial score (nSPS) is 45.8. The summed E-state index contributed by atoms with van der Waals surface area (Å²) in [6.07, 6.45) is 6.29. The highest BCUT2D eigenvalue weighted by Gasteiger charge is 2.71. The number of carbonyl (C=O) groups excluding carboxylic acids is 3. The van der Waals surface area contributed by atoms with Crippen molar-refractivity contribution in [3.8, 4) is 0 Å². The van der Waals surface area contributed by atoms with Crippen LogP contribution in [0.25, 0.3) is 0 Å². The molecule has 0 radical (unpaired) electrons. The van der Waals surface area contributed by atoms with Gasteiger partial charge in [0.1, 0.15) is 5.60 Å². The van der Waals surface area contributed by atoms with E-state index in [1.807, 2.05) is 0 Å². The van der Waals surface area contributed by atoms with Crippen LogP contribution in [0.5, 0.6) is 0 Å². The van der Waals surface area contributed by atoms with Crippen molar-refractivity contribution in [2.45, 2.75) is 76.9 Å². The first kappa shape index (κ1) is 24.0. The van der Waals surface area contributed by atoms with E-state index in [-0.39, 0.29) is 35.5 Å². The monoisotopic (exact) mass is 494 g/mol. The van der Waals surface area contributed by atoms with Crippen LogP contribution in [-0.4, -0.2) is 51.2 Å². The molecule has 8 atom stereocenters. The molecular formula is C25H34O8S. The Hall–Kier alpha value is -1.74. The largest absolute Gasteiger partial charge is 0.469 e. The lowest BCUT2D eigenvalue weighted by atomic mass is 9.43. The van der Waals surface area contributed by atoms with Gasteiger partial charge in [-0.3, -0.25) is 18.6 Å². The van der Waals surface area contributed by atoms with Crippen molar-refractivity contribution in [3.63, 3.8) is 0 Å². The summed E-state index contributed by atoms with van der Waals surface area (Å²) in [4.78, 5) is 37.7. The minimum Gasteiger partial charge on any atom is -0.469 e. The van der Waals surface area contributed by atoms with E-state index in [1.54, 1.807) is 6.08 Å². The maximum Gasteiger partial charge on any atom is 0.309 e. The van der Waals surface area contributed by atoms with E-state index in [2.05, 4.69) is 13.8 Å². The molecule has 34 heavy (non-hydrogen) atoms. The summed E-state index contributed by atoms with van der Waals surface area (Å²) in [5.74, 6) is -1.47. The molecule has 1 heterocycles. The van der Waals surface area contributed by atoms with Crippen LogP contribution < -0.4 is 0 Å². The lowest BCUT2D eigenvalue weighted by molar-refractivity contribution is -0.193. The molecule has 5 aliphatic rings. The Morgan fingerprint density at radius 2 is 1.88 bits per heavy atom. The maximum absolute atomic E-state index is 13.2. The predicted octanol–water partition coefficient (Wildman–Crippen LogP) is 2.95. The smallest absolute Gasteiger partial charge is 0.309 e. The van der Waals surface area contributed by atoms with Gasteiger partial charge in [0.15, 0.2) is 5.78 Å². The molecule has 0 aromatic carbocycles. The van der Waals surface area contributed by atoms with Crippen molar-refractivity contribution in [2.75, 3.05) is 13.4 Å². The highest BCUT2D eigenvalue weighted by molar-refractivity contribution is 7.86. The molecule has 3 saturated carbocycles. The number of hydrogen-bond donors (Lipinski definition) is 0. The molecule has 0 bridgehead atoms. The van der Waals surface area contributed by atoms with Gasteiger partial charge < -0.3 is 9.47 Å². The van der Waals surface area contributed by atoms with E-state index in [9.17, 15) is 22.8 Å². The summed E-state index contributed by atoms with van der Waals surface area (Å²) >= 11 is 0. The van der Waals surface area contributed by atoms with Gasteiger partial charge in [-0.25, -0.2) is 0 Å². The first-order chi connectivity index (χ1) is 15.8. The van der Waals surface area contributed by atoms with Gasteiger partial charge in [0, 0.05) is 18.3 Å². The van der Waals surface area contributed by atoms with Crippen molar-refractivity contribution in [1.29, 1.82) is 0 Å². The molecule has 0 aromatic heterocycles. The summed E-state index contributed by atoms with van der Waals surface area (Å²) in [7, 11) is -2.44. The van der Waals surface area contributed by atoms with Crippen molar-refractivity contribution in [1.82, 2.24) is 0 Å². The molecule has 188 valence electrons. The molecule has 5 rings (SSSR count). The standard InChI is InChI=1S/C25H34O8S/c1-23-8-5-15(26)11-14(23)12-16(22(28)31-3)20-17-6-9-25(10-7-19(27)32-25)24(17,2)13-18(21(20)23)33-34(4,29)30/h11,16-18,20-21H,5-10,12-13H2,1-4H3/t16-,17+,18-,20+,21+,23+,24+,25-/m1/s1. The van der Waals surface area contributed by atoms with Crippen LogP contribution in [-0.2, 0) is 38.2 Å². The quantitative estimate of drug-likeness (QED) is 0.435. The highest BCUT2D eigenvalue weighted by atomic mass is 32.2. The Morgan fingerprint density at radius 3 is 2.50 bits per heavy atom. The first-order valence-corrected chi connectivity index (χ1v) is 14.1. The zero-order valence-corrected chi connectivity index (χ0v) is 21.1. The second-order valence-electron chi connectivity index (χ2n) is 11.6. The second-order valence-corrected chi connectivity index (χ2v) is 13.2. The molecule has 0 amide bonds. The lowest BCUT2D eigenvalue weighted by Gasteiger charge is -2.62. The Labute approximate surface area is 200 Å². The van der Waals surface area contributed by atoms with Gasteiger partial charge >= 0.3 is 11.9 Å². The van der Waals surface area contributed by atoms with E-state index in [0.29, 0.717) is 44.9 Å². The van der Waals surface area contributed by atoms with Gasteiger partial charge in [0.2, 0.25) is 0 Å². The molecule has 1 spiro atoms. The van der Waals surface area contributed by atoms with Crippen molar-refractivity contribution in [2.24, 2.45) is 34.5 Å². The molecule has 0 aromatic rings. The Morgan fingerprint density at radius 1 is 1.15 bits per heavy atom. The Kier molecular flexibility index (Phi) is 5.38. The van der Waals surface area contributed by atoms with Gasteiger partial charge in [-0.1, -0.05) is 19.4 Å². The van der Waals surface area contributed by atoms with Crippen LogP contribution >= 0.6 is 0 Å². The third-order valence-electron chi connectivity index (χ3n) is 10.1. The predicted molar refractivity (Wildman–Crippen MR) is 121 cm³/mol. The van der Waals surface area contributed by atoms with Crippen LogP contribution in [0.1, 0.15) is 65.2 Å². The molecule has 1 aliphatic heterocycles. The molecule has 0 N–H and O–H groups in total. The van der Waals surface area contributed by atoms with Crippen LogP contribution in [0.15, 0.2) is 11.6 Å². The molecular weight excluding hydrogens is 460 g/mol. The molecule has 9 heteroatoms. The van der Waals surface area contributed by atoms with E-state index in [0.717, 1.165) is 18.2 Å². The van der Waals surface area contributed by atoms with Crippen LogP contribution in [0.3, 0.4) is 0 Å². The third kappa shape index (κ3) is 3.33. The molecule has 4 aliphatic carbocycles. The van der Waals surface area contributed by atoms with E-state index in [4.69, 9.17) is 13.7 Å². The van der Waals surface area contributed by atoms with Crippen LogP contribution in [0.2, 0.25) is 0 Å². The molecule has 1 saturated heterocycles. The number of hydrogen-bond acceptors (Lipinski definition) is 8. The average Bonchev–Trinajstić information content (AvgIpc) is 3.26. The first-order valence-electron chi connectivity index (χ1n) is 12.3. The van der Waals surface area contributed by atoms with Gasteiger partial charge in [0.05, 0.1) is 25.4 Å². The van der Waals surface area contributed by atoms with Crippen molar-refractivity contribution >= 4 is 27.8 Å². The SMILES string of the molecule is COC(=O)[C@@H]1CC2=CC(=O)CC[C@]2(C)[C@@H]2[C@@H]1[C@@H]1CC[C@@]3(CCC(=O)O3)[C@@]1(C)C[C@H]2OS(C)(=O)=O. The third-order valence-corrected chi connectivity index (χ3v) is 10.7. The van der Waals surface area contributed by atoms with E-state index >= 15 is 0 Å². The van der Waals surface area contributed by atoms with Crippen LogP contribution in [0, 0.1) is 34.5 Å².